The van der Waals surface area contributed by atoms with E-state index in [2.05, 4.69) is 31.0 Å². The van der Waals surface area contributed by atoms with Crippen LogP contribution < -0.4 is 0 Å². The molecule has 16 heavy (non-hydrogen) atoms. The molecule has 2 aromatic rings. The lowest BCUT2D eigenvalue weighted by Gasteiger charge is -2.08. The number of aromatic nitrogens is 1. The molecule has 2 heteroatoms. The zero-order valence-corrected chi connectivity index (χ0v) is 10.5. The minimum absolute atomic E-state index is 0.819. The Labute approximate surface area is 101 Å². The van der Waals surface area contributed by atoms with Crippen molar-refractivity contribution >= 4 is 22.5 Å². The third-order valence-corrected chi connectivity index (χ3v) is 3.12. The van der Waals surface area contributed by atoms with Gasteiger partial charge in [0.05, 0.1) is 10.5 Å². The van der Waals surface area contributed by atoms with Crippen LogP contribution >= 0.6 is 11.6 Å². The van der Waals surface area contributed by atoms with E-state index >= 15 is 0 Å². The van der Waals surface area contributed by atoms with Crippen molar-refractivity contribution in [1.82, 2.24) is 4.98 Å². The SMILES string of the molecule is CCCc1cccc2c(Cl)cc(CC)nc12. The maximum atomic E-state index is 6.27. The summed E-state index contributed by atoms with van der Waals surface area (Å²) in [6.07, 6.45) is 3.12. The van der Waals surface area contributed by atoms with Crippen LogP contribution in [0.25, 0.3) is 10.9 Å². The summed E-state index contributed by atoms with van der Waals surface area (Å²) in [7, 11) is 0. The average molecular weight is 234 g/mol. The maximum Gasteiger partial charge on any atom is 0.0752 e. The molecule has 1 nitrogen and oxygen atoms in total. The highest BCUT2D eigenvalue weighted by molar-refractivity contribution is 6.35. The van der Waals surface area contributed by atoms with E-state index in [4.69, 9.17) is 11.6 Å². The third-order valence-electron chi connectivity index (χ3n) is 2.81. The van der Waals surface area contributed by atoms with E-state index in [0.717, 1.165) is 40.9 Å². The number of rotatable bonds is 3. The molecule has 0 bridgehead atoms. The Hall–Kier alpha value is -1.08. The van der Waals surface area contributed by atoms with Crippen LogP contribution in [0.2, 0.25) is 5.02 Å². The van der Waals surface area contributed by atoms with Gasteiger partial charge in [0, 0.05) is 11.1 Å². The third kappa shape index (κ3) is 2.05. The second kappa shape index (κ2) is 4.84. The molecule has 0 saturated heterocycles. The summed E-state index contributed by atoms with van der Waals surface area (Å²) >= 11 is 6.27. The summed E-state index contributed by atoms with van der Waals surface area (Å²) < 4.78 is 0. The highest BCUT2D eigenvalue weighted by atomic mass is 35.5. The number of hydrogen-bond acceptors (Lipinski definition) is 1. The van der Waals surface area contributed by atoms with Gasteiger partial charge in [0.15, 0.2) is 0 Å². The van der Waals surface area contributed by atoms with Gasteiger partial charge in [-0.05, 0) is 24.5 Å². The van der Waals surface area contributed by atoms with Crippen molar-refractivity contribution in [3.8, 4) is 0 Å². The fraction of sp³-hybridized carbons (Fsp3) is 0.357. The van der Waals surface area contributed by atoms with E-state index < -0.39 is 0 Å². The molecule has 2 rings (SSSR count). The summed E-state index contributed by atoms with van der Waals surface area (Å²) in [6.45, 7) is 4.29. The summed E-state index contributed by atoms with van der Waals surface area (Å²) in [5.74, 6) is 0. The quantitative estimate of drug-likeness (QED) is 0.766. The molecule has 0 N–H and O–H groups in total. The number of pyridine rings is 1. The first-order valence-corrected chi connectivity index (χ1v) is 6.21. The van der Waals surface area contributed by atoms with Crippen molar-refractivity contribution in [2.45, 2.75) is 33.1 Å². The molecule has 1 aromatic heterocycles. The van der Waals surface area contributed by atoms with Crippen LogP contribution in [0.15, 0.2) is 24.3 Å². The fourth-order valence-electron chi connectivity index (χ4n) is 1.97. The van der Waals surface area contributed by atoms with E-state index in [1.807, 2.05) is 12.1 Å². The first kappa shape index (κ1) is 11.4. The first-order valence-electron chi connectivity index (χ1n) is 5.83. The summed E-state index contributed by atoms with van der Waals surface area (Å²) in [5.41, 5.74) is 3.45. The summed E-state index contributed by atoms with van der Waals surface area (Å²) in [5, 5.41) is 1.89. The van der Waals surface area contributed by atoms with Gasteiger partial charge in [-0.15, -0.1) is 0 Å². The molecule has 0 atom stereocenters. The van der Waals surface area contributed by atoms with Gasteiger partial charge >= 0.3 is 0 Å². The van der Waals surface area contributed by atoms with E-state index in [-0.39, 0.29) is 0 Å². The van der Waals surface area contributed by atoms with Crippen LogP contribution in [0, 0.1) is 0 Å². The molecular formula is C14H16ClN. The predicted octanol–water partition coefficient (Wildman–Crippen LogP) is 4.40. The van der Waals surface area contributed by atoms with Crippen LogP contribution in [0.3, 0.4) is 0 Å². The van der Waals surface area contributed by atoms with Gasteiger partial charge in [-0.25, -0.2) is 0 Å². The predicted molar refractivity (Wildman–Crippen MR) is 70.1 cm³/mol. The molecule has 0 radical (unpaired) electrons. The Morgan fingerprint density at radius 3 is 2.75 bits per heavy atom. The molecule has 1 heterocycles. The van der Waals surface area contributed by atoms with E-state index in [1.54, 1.807) is 0 Å². The highest BCUT2D eigenvalue weighted by Gasteiger charge is 2.06. The zero-order chi connectivity index (χ0) is 11.5. The molecule has 0 aliphatic rings. The molecule has 0 fully saturated rings. The van der Waals surface area contributed by atoms with Gasteiger partial charge in [0.25, 0.3) is 0 Å². The largest absolute Gasteiger partial charge is 0.252 e. The topological polar surface area (TPSA) is 12.9 Å². The van der Waals surface area contributed by atoms with Crippen LogP contribution in [-0.2, 0) is 12.8 Å². The average Bonchev–Trinajstić information content (AvgIpc) is 2.30. The number of fused-ring (bicyclic) bond motifs is 1. The minimum atomic E-state index is 0.819. The molecule has 0 unspecified atom stereocenters. The van der Waals surface area contributed by atoms with Gasteiger partial charge in [-0.3, -0.25) is 4.98 Å². The molecule has 0 amide bonds. The van der Waals surface area contributed by atoms with Gasteiger partial charge in [0.1, 0.15) is 0 Å². The second-order valence-corrected chi connectivity index (χ2v) is 4.42. The Kier molecular flexibility index (Phi) is 3.45. The Morgan fingerprint density at radius 2 is 2.06 bits per heavy atom. The van der Waals surface area contributed by atoms with Gasteiger partial charge in [0.2, 0.25) is 0 Å². The van der Waals surface area contributed by atoms with Gasteiger partial charge in [-0.1, -0.05) is 50.1 Å². The molecule has 0 saturated carbocycles. The molecule has 84 valence electrons. The standard InChI is InChI=1S/C14H16ClN/c1-3-6-10-7-5-8-12-13(15)9-11(4-2)16-14(10)12/h5,7-9H,3-4,6H2,1-2H3. The van der Waals surface area contributed by atoms with Crippen LogP contribution in [-0.4, -0.2) is 4.98 Å². The zero-order valence-electron chi connectivity index (χ0n) is 9.76. The number of para-hydroxylation sites is 1. The Balaban J connectivity index is 2.69. The van der Waals surface area contributed by atoms with Crippen molar-refractivity contribution in [2.75, 3.05) is 0 Å². The fourth-order valence-corrected chi connectivity index (χ4v) is 2.25. The van der Waals surface area contributed by atoms with Crippen molar-refractivity contribution in [2.24, 2.45) is 0 Å². The van der Waals surface area contributed by atoms with Crippen molar-refractivity contribution in [3.63, 3.8) is 0 Å². The number of nitrogens with zero attached hydrogens (tertiary/aromatic N) is 1. The number of aryl methyl sites for hydroxylation is 2. The van der Waals surface area contributed by atoms with Crippen molar-refractivity contribution in [3.05, 3.63) is 40.5 Å². The number of hydrogen-bond donors (Lipinski definition) is 0. The van der Waals surface area contributed by atoms with Crippen molar-refractivity contribution < 1.29 is 0 Å². The number of benzene rings is 1. The van der Waals surface area contributed by atoms with Crippen LogP contribution in [0.5, 0.6) is 0 Å². The van der Waals surface area contributed by atoms with E-state index in [0.29, 0.717) is 0 Å². The van der Waals surface area contributed by atoms with Gasteiger partial charge < -0.3 is 0 Å². The van der Waals surface area contributed by atoms with Crippen molar-refractivity contribution in [1.29, 1.82) is 0 Å². The lowest BCUT2D eigenvalue weighted by atomic mass is 10.0. The molecular weight excluding hydrogens is 218 g/mol. The van der Waals surface area contributed by atoms with E-state index in [1.165, 1.54) is 5.56 Å². The lowest BCUT2D eigenvalue weighted by molar-refractivity contribution is 0.923. The molecule has 1 aromatic carbocycles. The van der Waals surface area contributed by atoms with Crippen LogP contribution in [0.1, 0.15) is 31.5 Å². The minimum Gasteiger partial charge on any atom is -0.252 e. The number of halogens is 1. The first-order chi connectivity index (χ1) is 7.76. The summed E-state index contributed by atoms with van der Waals surface area (Å²) in [4.78, 5) is 4.69. The maximum absolute atomic E-state index is 6.27. The second-order valence-electron chi connectivity index (χ2n) is 4.01. The van der Waals surface area contributed by atoms with Crippen LogP contribution in [0.4, 0.5) is 0 Å². The molecule has 0 aliphatic heterocycles. The van der Waals surface area contributed by atoms with Gasteiger partial charge in [-0.2, -0.15) is 0 Å². The molecule has 0 aliphatic carbocycles. The highest BCUT2D eigenvalue weighted by Crippen LogP contribution is 2.26. The Morgan fingerprint density at radius 1 is 1.25 bits per heavy atom. The lowest BCUT2D eigenvalue weighted by Crippen LogP contribution is -1.93. The summed E-state index contributed by atoms with van der Waals surface area (Å²) in [6, 6.07) is 8.23. The normalized spacial score (nSPS) is 10.9. The Bertz CT molecular complexity index is 505. The smallest absolute Gasteiger partial charge is 0.0752 e. The van der Waals surface area contributed by atoms with E-state index in [9.17, 15) is 0 Å². The monoisotopic (exact) mass is 233 g/mol. The molecule has 0 spiro atoms.